The minimum atomic E-state index is -0.992. The van der Waals surface area contributed by atoms with Gasteiger partial charge in [0.15, 0.2) is 0 Å². The van der Waals surface area contributed by atoms with Crippen molar-refractivity contribution in [2.24, 2.45) is 0 Å². The predicted molar refractivity (Wildman–Crippen MR) is 75.3 cm³/mol. The Bertz CT molecular complexity index is 436. The Morgan fingerprint density at radius 1 is 1.37 bits per heavy atom. The highest BCUT2D eigenvalue weighted by Gasteiger charge is 2.09. The number of carboxylic acids is 1. The summed E-state index contributed by atoms with van der Waals surface area (Å²) in [4.78, 5) is 10.9. The third kappa shape index (κ3) is 6.35. The van der Waals surface area contributed by atoms with Gasteiger partial charge in [-0.25, -0.2) is 4.79 Å². The first-order chi connectivity index (χ1) is 9.11. The van der Waals surface area contributed by atoms with Gasteiger partial charge in [0.1, 0.15) is 17.9 Å². The van der Waals surface area contributed by atoms with Crippen LogP contribution in [0, 0.1) is 0 Å². The number of carboxylic acid groups (broad SMARTS) is 1. The molecule has 6 heteroatoms. The molecule has 0 aliphatic heterocycles. The Morgan fingerprint density at radius 2 is 2.11 bits per heavy atom. The number of aromatic carboxylic acids is 1. The topological polar surface area (TPSA) is 75.6 Å². The molecule has 0 aromatic heterocycles. The van der Waals surface area contributed by atoms with Crippen molar-refractivity contribution in [1.29, 1.82) is 0 Å². The molecule has 0 amide bonds. The van der Waals surface area contributed by atoms with Crippen LogP contribution in [0.4, 0.5) is 0 Å². The van der Waals surface area contributed by atoms with Crippen LogP contribution in [0.25, 0.3) is 0 Å². The molecule has 1 rings (SSSR count). The molecule has 19 heavy (non-hydrogen) atoms. The monoisotopic (exact) mass is 285 g/mol. The van der Waals surface area contributed by atoms with E-state index in [1.54, 1.807) is 24.5 Å². The Labute approximate surface area is 115 Å². The molecule has 5 nitrogen and oxygen atoms in total. The van der Waals surface area contributed by atoms with E-state index in [9.17, 15) is 9.00 Å². The lowest BCUT2D eigenvalue weighted by molar-refractivity contribution is 0.0692. The van der Waals surface area contributed by atoms with Crippen molar-refractivity contribution >= 4 is 16.8 Å². The summed E-state index contributed by atoms with van der Waals surface area (Å²) >= 11 is 0. The molecule has 2 N–H and O–H groups in total. The standard InChI is InChI=1S/C13H19NO4S/c1-19(17)10-4-7-14-8-9-18-12-6-3-2-5-11(12)13(15)16/h2-3,5-6,14H,4,7-10H2,1H3,(H,15,16). The fourth-order valence-corrected chi connectivity index (χ4v) is 2.08. The molecule has 1 atom stereocenters. The summed E-state index contributed by atoms with van der Waals surface area (Å²) in [5, 5.41) is 12.1. The maximum absolute atomic E-state index is 10.9. The molecule has 0 saturated heterocycles. The Kier molecular flexibility index (Phi) is 7.14. The van der Waals surface area contributed by atoms with Crippen LogP contribution in [0.1, 0.15) is 16.8 Å². The molecule has 0 aliphatic carbocycles. The van der Waals surface area contributed by atoms with E-state index in [2.05, 4.69) is 5.32 Å². The van der Waals surface area contributed by atoms with Gasteiger partial charge >= 0.3 is 5.97 Å². The second kappa shape index (κ2) is 8.66. The van der Waals surface area contributed by atoms with E-state index in [0.717, 1.165) is 13.0 Å². The van der Waals surface area contributed by atoms with Crippen molar-refractivity contribution in [3.05, 3.63) is 29.8 Å². The molecular formula is C13H19NO4S. The molecule has 0 bridgehead atoms. The van der Waals surface area contributed by atoms with Crippen LogP contribution < -0.4 is 10.1 Å². The van der Waals surface area contributed by atoms with Crippen LogP contribution in [-0.4, -0.2) is 47.0 Å². The fraction of sp³-hybridized carbons (Fsp3) is 0.462. The van der Waals surface area contributed by atoms with E-state index >= 15 is 0 Å². The zero-order chi connectivity index (χ0) is 14.1. The van der Waals surface area contributed by atoms with Crippen molar-refractivity contribution in [2.75, 3.05) is 31.7 Å². The van der Waals surface area contributed by atoms with Crippen molar-refractivity contribution < 1.29 is 18.8 Å². The number of ether oxygens (including phenoxy) is 1. The zero-order valence-electron chi connectivity index (χ0n) is 10.9. The third-order valence-electron chi connectivity index (χ3n) is 2.44. The van der Waals surface area contributed by atoms with Gasteiger partial charge in [-0.05, 0) is 25.1 Å². The van der Waals surface area contributed by atoms with Crippen molar-refractivity contribution in [3.8, 4) is 5.75 Å². The number of nitrogens with one attached hydrogen (secondary N) is 1. The van der Waals surface area contributed by atoms with E-state index in [4.69, 9.17) is 9.84 Å². The molecule has 106 valence electrons. The number of hydrogen-bond donors (Lipinski definition) is 2. The van der Waals surface area contributed by atoms with E-state index in [-0.39, 0.29) is 5.56 Å². The zero-order valence-corrected chi connectivity index (χ0v) is 11.7. The average molecular weight is 285 g/mol. The van der Waals surface area contributed by atoms with Gasteiger partial charge in [-0.1, -0.05) is 12.1 Å². The number of hydrogen-bond acceptors (Lipinski definition) is 4. The molecule has 0 aliphatic rings. The summed E-state index contributed by atoms with van der Waals surface area (Å²) < 4.78 is 16.2. The fourth-order valence-electron chi connectivity index (χ4n) is 1.53. The van der Waals surface area contributed by atoms with Crippen LogP contribution in [-0.2, 0) is 10.8 Å². The van der Waals surface area contributed by atoms with Gasteiger partial charge in [-0.15, -0.1) is 0 Å². The SMILES string of the molecule is CS(=O)CCCNCCOc1ccccc1C(=O)O. The molecule has 0 spiro atoms. The number of para-hydroxylation sites is 1. The van der Waals surface area contributed by atoms with E-state index in [1.165, 1.54) is 6.07 Å². The largest absolute Gasteiger partial charge is 0.491 e. The first kappa shape index (κ1) is 15.7. The molecular weight excluding hydrogens is 266 g/mol. The van der Waals surface area contributed by atoms with Crippen molar-refractivity contribution in [3.63, 3.8) is 0 Å². The van der Waals surface area contributed by atoms with Crippen LogP contribution in [0.2, 0.25) is 0 Å². The lowest BCUT2D eigenvalue weighted by atomic mass is 10.2. The summed E-state index contributed by atoms with van der Waals surface area (Å²) in [5.41, 5.74) is 0.170. The normalized spacial score (nSPS) is 12.1. The summed E-state index contributed by atoms with van der Waals surface area (Å²) in [6, 6.07) is 6.57. The maximum Gasteiger partial charge on any atom is 0.339 e. The van der Waals surface area contributed by atoms with Crippen molar-refractivity contribution in [1.82, 2.24) is 5.32 Å². The maximum atomic E-state index is 10.9. The molecule has 0 saturated carbocycles. The Balaban J connectivity index is 2.23. The lowest BCUT2D eigenvalue weighted by Gasteiger charge is -2.09. The summed E-state index contributed by atoms with van der Waals surface area (Å²) in [6.45, 7) is 1.81. The van der Waals surface area contributed by atoms with Crippen LogP contribution >= 0.6 is 0 Å². The first-order valence-electron chi connectivity index (χ1n) is 6.07. The number of carbonyl (C=O) groups is 1. The van der Waals surface area contributed by atoms with Gasteiger partial charge in [0, 0.05) is 29.4 Å². The van der Waals surface area contributed by atoms with Gasteiger partial charge in [-0.3, -0.25) is 4.21 Å². The summed E-state index contributed by atoms with van der Waals surface area (Å²) in [6.07, 6.45) is 2.54. The van der Waals surface area contributed by atoms with E-state index in [0.29, 0.717) is 24.7 Å². The lowest BCUT2D eigenvalue weighted by Crippen LogP contribution is -2.23. The molecule has 1 aromatic rings. The minimum Gasteiger partial charge on any atom is -0.491 e. The second-order valence-electron chi connectivity index (χ2n) is 4.03. The van der Waals surface area contributed by atoms with Gasteiger partial charge in [0.05, 0.1) is 0 Å². The number of benzene rings is 1. The van der Waals surface area contributed by atoms with E-state index < -0.39 is 16.8 Å². The molecule has 0 fully saturated rings. The molecule has 0 radical (unpaired) electrons. The van der Waals surface area contributed by atoms with Gasteiger partial charge in [-0.2, -0.15) is 0 Å². The quantitative estimate of drug-likeness (QED) is 0.665. The summed E-state index contributed by atoms with van der Waals surface area (Å²) in [7, 11) is -0.747. The summed E-state index contributed by atoms with van der Waals surface area (Å²) in [5.74, 6) is 0.0795. The Hall–Kier alpha value is -1.40. The van der Waals surface area contributed by atoms with Crippen LogP contribution in [0.15, 0.2) is 24.3 Å². The average Bonchev–Trinajstić information content (AvgIpc) is 2.37. The molecule has 1 aromatic carbocycles. The van der Waals surface area contributed by atoms with Crippen LogP contribution in [0.5, 0.6) is 5.75 Å². The van der Waals surface area contributed by atoms with Gasteiger partial charge < -0.3 is 15.2 Å². The minimum absolute atomic E-state index is 0.170. The van der Waals surface area contributed by atoms with Gasteiger partial charge in [0.2, 0.25) is 0 Å². The smallest absolute Gasteiger partial charge is 0.339 e. The molecule has 0 heterocycles. The highest BCUT2D eigenvalue weighted by molar-refractivity contribution is 7.84. The first-order valence-corrected chi connectivity index (χ1v) is 7.80. The van der Waals surface area contributed by atoms with Crippen LogP contribution in [0.3, 0.4) is 0 Å². The van der Waals surface area contributed by atoms with Crippen molar-refractivity contribution in [2.45, 2.75) is 6.42 Å². The predicted octanol–water partition coefficient (Wildman–Crippen LogP) is 1.12. The highest BCUT2D eigenvalue weighted by Crippen LogP contribution is 2.17. The Morgan fingerprint density at radius 3 is 2.79 bits per heavy atom. The van der Waals surface area contributed by atoms with Gasteiger partial charge in [0.25, 0.3) is 0 Å². The highest BCUT2D eigenvalue weighted by atomic mass is 32.2. The number of rotatable bonds is 9. The second-order valence-corrected chi connectivity index (χ2v) is 5.59. The third-order valence-corrected chi connectivity index (χ3v) is 3.30. The molecule has 1 unspecified atom stereocenters. The van der Waals surface area contributed by atoms with E-state index in [1.807, 2.05) is 0 Å².